The quantitative estimate of drug-likeness (QED) is 0.204. The van der Waals surface area contributed by atoms with Crippen LogP contribution in [0.3, 0.4) is 0 Å². The fourth-order valence-corrected chi connectivity index (χ4v) is 1.23. The number of carboxylic acids is 1. The van der Waals surface area contributed by atoms with Crippen LogP contribution < -0.4 is 67.1 Å². The first kappa shape index (κ1) is 21.0. The number of carbonyl (C=O) groups excluding carboxylic acids is 1. The Balaban J connectivity index is 0. The molecule has 0 radical (unpaired) electrons. The molecule has 6 heteroatoms. The van der Waals surface area contributed by atoms with Gasteiger partial charge in [-0.15, -0.1) is 0 Å². The minimum absolute atomic E-state index is 0. The number of hydrogen-bond acceptors (Lipinski definition) is 5. The molecular weight excluding hydrogens is 259 g/mol. The zero-order valence-corrected chi connectivity index (χ0v) is 14.6. The Kier molecular flexibility index (Phi) is 18.4. The van der Waals surface area contributed by atoms with E-state index in [9.17, 15) is 15.0 Å². The Bertz CT molecular complexity index is 225. The third-order valence-corrected chi connectivity index (χ3v) is 2.15. The molecule has 100 valence electrons. The van der Waals surface area contributed by atoms with E-state index in [2.05, 4.69) is 17.6 Å². The molecule has 0 aliphatic heterocycles. The predicted molar refractivity (Wildman–Crippen MR) is 65.4 cm³/mol. The molecule has 0 aromatic rings. The summed E-state index contributed by atoms with van der Waals surface area (Å²) >= 11 is 0. The number of nitrogens with one attached hydrogen (secondary N) is 2. The summed E-state index contributed by atoms with van der Waals surface area (Å²) in [4.78, 5) is 10.1. The van der Waals surface area contributed by atoms with Crippen molar-refractivity contribution in [2.75, 3.05) is 26.2 Å². The number of aliphatic hydroxyl groups is 1. The van der Waals surface area contributed by atoms with E-state index in [-0.39, 0.29) is 57.8 Å². The molecule has 0 rings (SSSR count). The van der Waals surface area contributed by atoms with Gasteiger partial charge in [-0.3, -0.25) is 0 Å². The molecule has 0 amide bonds. The first-order valence-electron chi connectivity index (χ1n) is 6.12. The van der Waals surface area contributed by atoms with Crippen molar-refractivity contribution in [2.24, 2.45) is 0 Å². The molecule has 0 bridgehead atoms. The molecule has 0 saturated carbocycles. The normalized spacial score (nSPS) is 12.3. The van der Waals surface area contributed by atoms with Gasteiger partial charge in [0, 0.05) is 32.1 Å². The third-order valence-electron chi connectivity index (χ3n) is 2.15. The van der Waals surface area contributed by atoms with Crippen molar-refractivity contribution in [1.29, 1.82) is 0 Å². The molecule has 0 fully saturated rings. The second kappa shape index (κ2) is 15.8. The number of aliphatic hydroxyl groups excluding tert-OH is 1. The number of unbranched alkanes of at least 4 members (excludes halogenated alkanes) is 1. The molecule has 18 heavy (non-hydrogen) atoms. The van der Waals surface area contributed by atoms with Crippen LogP contribution in [-0.2, 0) is 4.79 Å². The van der Waals surface area contributed by atoms with Gasteiger partial charge in [0.1, 0.15) is 0 Å². The van der Waals surface area contributed by atoms with Crippen molar-refractivity contribution in [3.05, 3.63) is 12.2 Å². The Morgan fingerprint density at radius 3 is 2.61 bits per heavy atom. The van der Waals surface area contributed by atoms with Gasteiger partial charge in [0.15, 0.2) is 0 Å². The van der Waals surface area contributed by atoms with Crippen LogP contribution in [0.5, 0.6) is 0 Å². The maximum atomic E-state index is 10.1. The minimum Gasteiger partial charge on any atom is -0.550 e. The van der Waals surface area contributed by atoms with Gasteiger partial charge in [0.2, 0.25) is 0 Å². The van der Waals surface area contributed by atoms with Gasteiger partial charge in [0.05, 0.1) is 6.10 Å². The summed E-state index contributed by atoms with van der Waals surface area (Å²) in [6, 6.07) is 0. The van der Waals surface area contributed by atoms with E-state index in [0.29, 0.717) is 26.2 Å². The molecule has 0 spiro atoms. The van der Waals surface area contributed by atoms with Gasteiger partial charge in [0.25, 0.3) is 0 Å². The third kappa shape index (κ3) is 16.7. The summed E-state index contributed by atoms with van der Waals surface area (Å²) in [5.41, 5.74) is 0. The van der Waals surface area contributed by atoms with Gasteiger partial charge in [-0.05, 0) is 12.8 Å². The molecule has 5 nitrogen and oxygen atoms in total. The minimum atomic E-state index is -1.04. The number of allylic oxidation sites excluding steroid dienone is 1. The number of aliphatic carboxylic acids is 1. The molecule has 1 atom stereocenters. The fourth-order valence-electron chi connectivity index (χ4n) is 1.23. The molecule has 0 aliphatic rings. The number of rotatable bonds is 11. The van der Waals surface area contributed by atoms with Crippen LogP contribution in [0.4, 0.5) is 0 Å². The second-order valence-corrected chi connectivity index (χ2v) is 3.86. The Labute approximate surface area is 152 Å². The summed E-state index contributed by atoms with van der Waals surface area (Å²) in [6.45, 7) is 4.41. The molecular formula is C12H23KN2O3. The maximum absolute atomic E-state index is 10.1. The monoisotopic (exact) mass is 282 g/mol. The van der Waals surface area contributed by atoms with Gasteiger partial charge in [-0.25, -0.2) is 0 Å². The summed E-state index contributed by atoms with van der Waals surface area (Å²) in [7, 11) is 0. The van der Waals surface area contributed by atoms with Crippen molar-refractivity contribution in [3.8, 4) is 0 Å². The first-order valence-corrected chi connectivity index (χ1v) is 6.12. The fraction of sp³-hybridized carbons (Fsp3) is 0.750. The topological polar surface area (TPSA) is 84.4 Å². The smallest absolute Gasteiger partial charge is 0.550 e. The Morgan fingerprint density at radius 1 is 1.33 bits per heavy atom. The standard InChI is InChI=1S/C12H24N2O3.K/c1-2-3-4-5-11(15)10-14-9-8-13-7-6-12(16)17;/h4-5,11,13-15H,2-3,6-10H2,1H3,(H,16,17);/q;+1/p-1/b5-4+;. The van der Waals surface area contributed by atoms with Gasteiger partial charge >= 0.3 is 51.4 Å². The molecule has 1 unspecified atom stereocenters. The van der Waals surface area contributed by atoms with E-state index in [1.54, 1.807) is 6.08 Å². The van der Waals surface area contributed by atoms with Crippen molar-refractivity contribution < 1.29 is 66.4 Å². The summed E-state index contributed by atoms with van der Waals surface area (Å²) in [6.07, 6.45) is 5.41. The summed E-state index contributed by atoms with van der Waals surface area (Å²) in [5, 5.41) is 25.6. The van der Waals surface area contributed by atoms with E-state index < -0.39 is 12.1 Å². The largest absolute Gasteiger partial charge is 1.00 e. The van der Waals surface area contributed by atoms with Gasteiger partial charge < -0.3 is 25.6 Å². The molecule has 3 N–H and O–H groups in total. The number of carboxylic acid groups (broad SMARTS) is 1. The van der Waals surface area contributed by atoms with Crippen LogP contribution in [0.1, 0.15) is 26.2 Å². The molecule has 0 aromatic carbocycles. The van der Waals surface area contributed by atoms with Crippen LogP contribution in [-0.4, -0.2) is 43.4 Å². The van der Waals surface area contributed by atoms with E-state index in [4.69, 9.17) is 0 Å². The van der Waals surface area contributed by atoms with E-state index >= 15 is 0 Å². The zero-order valence-electron chi connectivity index (χ0n) is 11.4. The van der Waals surface area contributed by atoms with Crippen molar-refractivity contribution >= 4 is 5.97 Å². The summed E-state index contributed by atoms with van der Waals surface area (Å²) < 4.78 is 0. The Hall–Kier alpha value is 0.726. The van der Waals surface area contributed by atoms with Crippen molar-refractivity contribution in [3.63, 3.8) is 0 Å². The van der Waals surface area contributed by atoms with E-state index in [0.717, 1.165) is 12.8 Å². The average molecular weight is 282 g/mol. The second-order valence-electron chi connectivity index (χ2n) is 3.86. The zero-order chi connectivity index (χ0) is 12.9. The van der Waals surface area contributed by atoms with E-state index in [1.807, 2.05) is 6.08 Å². The molecule has 0 aliphatic carbocycles. The Morgan fingerprint density at radius 2 is 2.00 bits per heavy atom. The SMILES string of the molecule is CCC/C=C/C(O)CNCCNCCC(=O)[O-].[K+]. The van der Waals surface area contributed by atoms with Crippen LogP contribution in [0.15, 0.2) is 12.2 Å². The van der Waals surface area contributed by atoms with Crippen LogP contribution in [0, 0.1) is 0 Å². The predicted octanol–water partition coefficient (Wildman–Crippen LogP) is -3.97. The van der Waals surface area contributed by atoms with Crippen molar-refractivity contribution in [2.45, 2.75) is 32.3 Å². The summed E-state index contributed by atoms with van der Waals surface area (Å²) in [5.74, 6) is -1.04. The molecule has 0 saturated heterocycles. The maximum Gasteiger partial charge on any atom is 1.00 e. The van der Waals surface area contributed by atoms with Crippen LogP contribution >= 0.6 is 0 Å². The average Bonchev–Trinajstić information content (AvgIpc) is 2.28. The van der Waals surface area contributed by atoms with E-state index in [1.165, 1.54) is 0 Å². The number of hydrogen-bond donors (Lipinski definition) is 3. The molecule has 0 heterocycles. The van der Waals surface area contributed by atoms with Gasteiger partial charge in [-0.2, -0.15) is 0 Å². The number of carbonyl (C=O) groups is 1. The van der Waals surface area contributed by atoms with Gasteiger partial charge in [-0.1, -0.05) is 25.5 Å². The molecule has 0 aromatic heterocycles. The van der Waals surface area contributed by atoms with Crippen molar-refractivity contribution in [1.82, 2.24) is 10.6 Å². The first-order chi connectivity index (χ1) is 8.16. The van der Waals surface area contributed by atoms with Crippen LogP contribution in [0.2, 0.25) is 0 Å². The van der Waals surface area contributed by atoms with Crippen LogP contribution in [0.25, 0.3) is 0 Å².